The van der Waals surface area contributed by atoms with Crippen molar-refractivity contribution in [2.75, 3.05) is 6.61 Å². The lowest BCUT2D eigenvalue weighted by Gasteiger charge is -2.13. The van der Waals surface area contributed by atoms with E-state index in [0.717, 1.165) is 15.8 Å². The van der Waals surface area contributed by atoms with Gasteiger partial charge in [0.1, 0.15) is 5.75 Å². The number of halogens is 1. The molecule has 0 aliphatic carbocycles. The molecule has 0 fully saturated rings. The molecule has 3 nitrogen and oxygen atoms in total. The SMILES string of the molecule is O=C(O)C(CCOc1ccccc1)c1ccc(Br)cc1. The molecule has 0 saturated heterocycles. The van der Waals surface area contributed by atoms with Crippen LogP contribution >= 0.6 is 15.9 Å². The second kappa shape index (κ2) is 7.10. The molecule has 104 valence electrons. The van der Waals surface area contributed by atoms with E-state index in [0.29, 0.717) is 13.0 Å². The minimum atomic E-state index is -0.830. The van der Waals surface area contributed by atoms with Gasteiger partial charge in [0.25, 0.3) is 0 Å². The summed E-state index contributed by atoms with van der Waals surface area (Å²) >= 11 is 3.34. The summed E-state index contributed by atoms with van der Waals surface area (Å²) in [5.74, 6) is -0.622. The van der Waals surface area contributed by atoms with Crippen LogP contribution in [0.4, 0.5) is 0 Å². The molecule has 1 unspecified atom stereocenters. The van der Waals surface area contributed by atoms with Gasteiger partial charge in [-0.1, -0.05) is 46.3 Å². The first-order valence-corrected chi connectivity index (χ1v) is 7.12. The molecule has 0 saturated carbocycles. The molecule has 1 N–H and O–H groups in total. The molecule has 0 radical (unpaired) electrons. The van der Waals surface area contributed by atoms with E-state index in [1.54, 1.807) is 0 Å². The molecule has 0 bridgehead atoms. The number of para-hydroxylation sites is 1. The quantitative estimate of drug-likeness (QED) is 0.865. The number of carboxylic acid groups (broad SMARTS) is 1. The maximum absolute atomic E-state index is 11.4. The van der Waals surface area contributed by atoms with Gasteiger partial charge in [-0.25, -0.2) is 0 Å². The summed E-state index contributed by atoms with van der Waals surface area (Å²) in [4.78, 5) is 11.4. The van der Waals surface area contributed by atoms with E-state index in [9.17, 15) is 9.90 Å². The minimum absolute atomic E-state index is 0.372. The Labute approximate surface area is 126 Å². The summed E-state index contributed by atoms with van der Waals surface area (Å²) in [6, 6.07) is 16.8. The van der Waals surface area contributed by atoms with Gasteiger partial charge in [0.15, 0.2) is 0 Å². The van der Waals surface area contributed by atoms with Gasteiger partial charge in [-0.15, -0.1) is 0 Å². The third-order valence-corrected chi connectivity index (χ3v) is 3.52. The Hall–Kier alpha value is -1.81. The van der Waals surface area contributed by atoms with E-state index < -0.39 is 11.9 Å². The van der Waals surface area contributed by atoms with Crippen LogP contribution in [0.3, 0.4) is 0 Å². The summed E-state index contributed by atoms with van der Waals surface area (Å²) in [6.07, 6.45) is 0.436. The Kier molecular flexibility index (Phi) is 5.18. The maximum atomic E-state index is 11.4. The number of hydrogen-bond donors (Lipinski definition) is 1. The Bertz CT molecular complexity index is 552. The van der Waals surface area contributed by atoms with Crippen molar-refractivity contribution < 1.29 is 14.6 Å². The lowest BCUT2D eigenvalue weighted by molar-refractivity contribution is -0.139. The summed E-state index contributed by atoms with van der Waals surface area (Å²) in [5, 5.41) is 9.33. The van der Waals surface area contributed by atoms with Crippen LogP contribution in [0, 0.1) is 0 Å². The molecule has 0 amide bonds. The number of hydrogen-bond acceptors (Lipinski definition) is 2. The van der Waals surface area contributed by atoms with Crippen LogP contribution in [-0.4, -0.2) is 17.7 Å². The van der Waals surface area contributed by atoms with Crippen molar-refractivity contribution in [1.29, 1.82) is 0 Å². The second-order valence-corrected chi connectivity index (χ2v) is 5.31. The first-order chi connectivity index (χ1) is 9.66. The van der Waals surface area contributed by atoms with Crippen molar-refractivity contribution in [1.82, 2.24) is 0 Å². The number of carboxylic acids is 1. The number of ether oxygens (including phenoxy) is 1. The topological polar surface area (TPSA) is 46.5 Å². The fraction of sp³-hybridized carbons (Fsp3) is 0.188. The number of aliphatic carboxylic acids is 1. The molecule has 2 rings (SSSR count). The van der Waals surface area contributed by atoms with Crippen molar-refractivity contribution in [3.05, 3.63) is 64.6 Å². The lowest BCUT2D eigenvalue weighted by Crippen LogP contribution is -2.15. The van der Waals surface area contributed by atoms with Gasteiger partial charge in [0.2, 0.25) is 0 Å². The highest BCUT2D eigenvalue weighted by atomic mass is 79.9. The van der Waals surface area contributed by atoms with Crippen molar-refractivity contribution in [3.63, 3.8) is 0 Å². The summed E-state index contributed by atoms with van der Waals surface area (Å²) in [5.41, 5.74) is 0.789. The average Bonchev–Trinajstić information content (AvgIpc) is 2.46. The van der Waals surface area contributed by atoms with Crippen LogP contribution < -0.4 is 4.74 Å². The Morgan fingerprint density at radius 2 is 1.75 bits per heavy atom. The Morgan fingerprint density at radius 3 is 2.35 bits per heavy atom. The van der Waals surface area contributed by atoms with Gasteiger partial charge < -0.3 is 9.84 Å². The molecule has 0 aliphatic rings. The summed E-state index contributed by atoms with van der Waals surface area (Å²) in [6.45, 7) is 0.372. The summed E-state index contributed by atoms with van der Waals surface area (Å²) < 4.78 is 6.50. The van der Waals surface area contributed by atoms with E-state index in [-0.39, 0.29) is 0 Å². The van der Waals surface area contributed by atoms with E-state index in [1.807, 2.05) is 54.6 Å². The van der Waals surface area contributed by atoms with Crippen LogP contribution in [0.1, 0.15) is 17.9 Å². The van der Waals surface area contributed by atoms with Crippen molar-refractivity contribution in [2.45, 2.75) is 12.3 Å². The fourth-order valence-corrected chi connectivity index (χ4v) is 2.20. The first-order valence-electron chi connectivity index (χ1n) is 6.33. The molecular formula is C16H15BrO3. The Balaban J connectivity index is 1.96. The van der Waals surface area contributed by atoms with Crippen LogP contribution in [-0.2, 0) is 4.79 Å². The Morgan fingerprint density at radius 1 is 1.10 bits per heavy atom. The third kappa shape index (κ3) is 4.10. The third-order valence-electron chi connectivity index (χ3n) is 2.99. The highest BCUT2D eigenvalue weighted by Crippen LogP contribution is 2.22. The normalized spacial score (nSPS) is 11.8. The monoisotopic (exact) mass is 334 g/mol. The first kappa shape index (κ1) is 14.6. The molecule has 0 heterocycles. The van der Waals surface area contributed by atoms with E-state index in [2.05, 4.69) is 15.9 Å². The maximum Gasteiger partial charge on any atom is 0.311 e. The van der Waals surface area contributed by atoms with Gasteiger partial charge in [-0.3, -0.25) is 4.79 Å². The predicted octanol–water partition coefficient (Wildman–Crippen LogP) is 4.09. The van der Waals surface area contributed by atoms with Gasteiger partial charge in [-0.05, 0) is 36.2 Å². The van der Waals surface area contributed by atoms with Crippen LogP contribution in [0.25, 0.3) is 0 Å². The molecule has 2 aromatic rings. The zero-order chi connectivity index (χ0) is 14.4. The minimum Gasteiger partial charge on any atom is -0.494 e. The number of rotatable bonds is 6. The van der Waals surface area contributed by atoms with Crippen LogP contribution in [0.15, 0.2) is 59.1 Å². The largest absolute Gasteiger partial charge is 0.494 e. The van der Waals surface area contributed by atoms with Gasteiger partial charge >= 0.3 is 5.97 Å². The van der Waals surface area contributed by atoms with E-state index in [4.69, 9.17) is 4.74 Å². The second-order valence-electron chi connectivity index (χ2n) is 4.39. The number of carbonyl (C=O) groups is 1. The molecule has 0 aliphatic heterocycles. The van der Waals surface area contributed by atoms with Gasteiger partial charge in [0.05, 0.1) is 12.5 Å². The molecule has 0 aromatic heterocycles. The molecular weight excluding hydrogens is 320 g/mol. The smallest absolute Gasteiger partial charge is 0.311 e. The highest BCUT2D eigenvalue weighted by Gasteiger charge is 2.19. The predicted molar refractivity (Wildman–Crippen MR) is 81.1 cm³/mol. The van der Waals surface area contributed by atoms with E-state index in [1.165, 1.54) is 0 Å². The molecule has 2 aromatic carbocycles. The average molecular weight is 335 g/mol. The molecule has 20 heavy (non-hydrogen) atoms. The van der Waals surface area contributed by atoms with Crippen molar-refractivity contribution in [2.24, 2.45) is 0 Å². The van der Waals surface area contributed by atoms with Crippen LogP contribution in [0.2, 0.25) is 0 Å². The van der Waals surface area contributed by atoms with Gasteiger partial charge in [0, 0.05) is 4.47 Å². The lowest BCUT2D eigenvalue weighted by atomic mass is 9.96. The molecule has 0 spiro atoms. The van der Waals surface area contributed by atoms with Crippen molar-refractivity contribution in [3.8, 4) is 5.75 Å². The molecule has 1 atom stereocenters. The fourth-order valence-electron chi connectivity index (χ4n) is 1.94. The standard InChI is InChI=1S/C16H15BrO3/c17-13-8-6-12(7-9-13)15(16(18)19)10-11-20-14-4-2-1-3-5-14/h1-9,15H,10-11H2,(H,18,19). The van der Waals surface area contributed by atoms with Gasteiger partial charge in [-0.2, -0.15) is 0 Å². The van der Waals surface area contributed by atoms with Crippen LogP contribution in [0.5, 0.6) is 5.75 Å². The van der Waals surface area contributed by atoms with E-state index >= 15 is 0 Å². The zero-order valence-corrected chi connectivity index (χ0v) is 12.4. The highest BCUT2D eigenvalue weighted by molar-refractivity contribution is 9.10. The summed E-state index contributed by atoms with van der Waals surface area (Å²) in [7, 11) is 0. The van der Waals surface area contributed by atoms with Crippen molar-refractivity contribution >= 4 is 21.9 Å². The zero-order valence-electron chi connectivity index (χ0n) is 10.8. The molecule has 4 heteroatoms. The number of benzene rings is 2.